The van der Waals surface area contributed by atoms with Gasteiger partial charge < -0.3 is 19.9 Å². The number of hydrogen-bond acceptors (Lipinski definition) is 4. The average Bonchev–Trinajstić information content (AvgIpc) is 2.73. The van der Waals surface area contributed by atoms with E-state index in [9.17, 15) is 14.7 Å². The Balaban J connectivity index is 1.78. The molecule has 0 aliphatic rings. The third kappa shape index (κ3) is 5.06. The monoisotopic (exact) mass is 411 g/mol. The molecule has 0 aliphatic heterocycles. The smallest absolute Gasteiger partial charge is 0.335 e. The Morgan fingerprint density at radius 3 is 2.45 bits per heavy atom. The van der Waals surface area contributed by atoms with Crippen molar-refractivity contribution in [1.29, 1.82) is 0 Å². The van der Waals surface area contributed by atoms with E-state index in [4.69, 9.17) is 21.1 Å². The number of amides is 1. The highest BCUT2D eigenvalue weighted by Gasteiger charge is 2.17. The molecule has 2 N–H and O–H groups in total. The van der Waals surface area contributed by atoms with Crippen molar-refractivity contribution in [2.45, 2.75) is 6.61 Å². The zero-order valence-corrected chi connectivity index (χ0v) is 16.3. The fraction of sp³-hybridized carbons (Fsp3) is 0.0909. The number of rotatable bonds is 7. The first-order valence-electron chi connectivity index (χ1n) is 8.67. The third-order valence-electron chi connectivity index (χ3n) is 4.09. The van der Waals surface area contributed by atoms with E-state index in [2.05, 4.69) is 5.32 Å². The molecule has 1 amide bonds. The van der Waals surface area contributed by atoms with Crippen molar-refractivity contribution in [3.63, 3.8) is 0 Å². The molecule has 0 heterocycles. The van der Waals surface area contributed by atoms with E-state index in [0.29, 0.717) is 17.9 Å². The van der Waals surface area contributed by atoms with E-state index >= 15 is 0 Å². The molecular weight excluding hydrogens is 394 g/mol. The minimum absolute atomic E-state index is 0.0638. The summed E-state index contributed by atoms with van der Waals surface area (Å²) in [4.78, 5) is 24.0. The number of anilines is 1. The van der Waals surface area contributed by atoms with Gasteiger partial charge in [-0.25, -0.2) is 4.79 Å². The maximum Gasteiger partial charge on any atom is 0.335 e. The Hall–Kier alpha value is -3.51. The van der Waals surface area contributed by atoms with Crippen LogP contribution >= 0.6 is 11.6 Å². The zero-order valence-electron chi connectivity index (χ0n) is 15.5. The zero-order chi connectivity index (χ0) is 20.8. The summed E-state index contributed by atoms with van der Waals surface area (Å²) in [6.07, 6.45) is 0. The van der Waals surface area contributed by atoms with E-state index in [1.165, 1.54) is 19.2 Å². The topological polar surface area (TPSA) is 84.9 Å². The average molecular weight is 412 g/mol. The Labute approximate surface area is 172 Å². The summed E-state index contributed by atoms with van der Waals surface area (Å²) in [5, 5.41) is 11.9. The predicted molar refractivity (Wildman–Crippen MR) is 110 cm³/mol. The molecule has 0 atom stereocenters. The first-order valence-corrected chi connectivity index (χ1v) is 9.04. The maximum absolute atomic E-state index is 12.7. The van der Waals surface area contributed by atoms with Gasteiger partial charge in [0.2, 0.25) is 0 Å². The number of benzene rings is 3. The van der Waals surface area contributed by atoms with Crippen molar-refractivity contribution >= 4 is 29.2 Å². The lowest BCUT2D eigenvalue weighted by Crippen LogP contribution is -2.14. The highest BCUT2D eigenvalue weighted by atomic mass is 35.5. The molecule has 0 radical (unpaired) electrons. The number of carboxylic acids is 1. The van der Waals surface area contributed by atoms with Gasteiger partial charge in [-0.05, 0) is 35.9 Å². The quantitative estimate of drug-likeness (QED) is 0.579. The van der Waals surface area contributed by atoms with Crippen LogP contribution in [0.1, 0.15) is 26.3 Å². The number of carbonyl (C=O) groups is 2. The van der Waals surface area contributed by atoms with Crippen molar-refractivity contribution in [2.75, 3.05) is 12.4 Å². The van der Waals surface area contributed by atoms with Crippen LogP contribution in [0.4, 0.5) is 5.69 Å². The summed E-state index contributed by atoms with van der Waals surface area (Å²) in [7, 11) is 1.38. The molecule has 0 aromatic heterocycles. The summed E-state index contributed by atoms with van der Waals surface area (Å²) >= 11 is 6.07. The van der Waals surface area contributed by atoms with Gasteiger partial charge >= 0.3 is 5.97 Å². The lowest BCUT2D eigenvalue weighted by Gasteiger charge is -2.13. The van der Waals surface area contributed by atoms with E-state index in [1.54, 1.807) is 24.3 Å². The molecule has 29 heavy (non-hydrogen) atoms. The number of methoxy groups -OCH3 is 1. The molecule has 0 fully saturated rings. The van der Waals surface area contributed by atoms with Crippen molar-refractivity contribution in [2.24, 2.45) is 0 Å². The van der Waals surface area contributed by atoms with Crippen molar-refractivity contribution in [3.8, 4) is 11.5 Å². The Morgan fingerprint density at radius 1 is 1.00 bits per heavy atom. The molecule has 6 nitrogen and oxygen atoms in total. The molecule has 3 aromatic rings. The molecule has 7 heteroatoms. The van der Waals surface area contributed by atoms with Crippen LogP contribution < -0.4 is 14.8 Å². The highest BCUT2D eigenvalue weighted by Crippen LogP contribution is 2.34. The lowest BCUT2D eigenvalue weighted by molar-refractivity contribution is 0.0696. The van der Waals surface area contributed by atoms with Crippen LogP contribution in [0.25, 0.3) is 0 Å². The molecule has 148 valence electrons. The molecule has 3 aromatic carbocycles. The Morgan fingerprint density at radius 2 is 1.76 bits per heavy atom. The van der Waals surface area contributed by atoms with Gasteiger partial charge in [0.1, 0.15) is 12.4 Å². The van der Waals surface area contributed by atoms with Crippen LogP contribution in [0.5, 0.6) is 11.5 Å². The minimum Gasteiger partial charge on any atom is -0.493 e. The number of nitrogens with one attached hydrogen (secondary N) is 1. The molecule has 0 saturated heterocycles. The van der Waals surface area contributed by atoms with Gasteiger partial charge in [0.25, 0.3) is 5.91 Å². The SMILES string of the molecule is COc1c(Cl)cc(C(=O)O)cc1NC(=O)c1cccc(OCc2ccccc2)c1. The molecule has 0 saturated carbocycles. The minimum atomic E-state index is -1.17. The molecule has 0 aliphatic carbocycles. The van der Waals surface area contributed by atoms with Crippen LogP contribution in [0, 0.1) is 0 Å². The van der Waals surface area contributed by atoms with Gasteiger partial charge in [-0.1, -0.05) is 48.0 Å². The van der Waals surface area contributed by atoms with Crippen molar-refractivity contribution in [3.05, 3.63) is 88.4 Å². The second-order valence-electron chi connectivity index (χ2n) is 6.10. The van der Waals surface area contributed by atoms with Crippen LogP contribution in [0.15, 0.2) is 66.7 Å². The molecule has 3 rings (SSSR count). The van der Waals surface area contributed by atoms with E-state index < -0.39 is 11.9 Å². The van der Waals surface area contributed by atoms with E-state index in [-0.39, 0.29) is 22.0 Å². The number of carbonyl (C=O) groups excluding carboxylic acids is 1. The van der Waals surface area contributed by atoms with E-state index in [1.807, 2.05) is 30.3 Å². The summed E-state index contributed by atoms with van der Waals surface area (Å²) < 4.78 is 10.9. The number of carboxylic acid groups (broad SMARTS) is 1. The second-order valence-corrected chi connectivity index (χ2v) is 6.51. The summed E-state index contributed by atoms with van der Waals surface area (Å²) in [6, 6.07) is 18.9. The normalized spacial score (nSPS) is 10.3. The van der Waals surface area contributed by atoms with Crippen LogP contribution in [0.3, 0.4) is 0 Å². The fourth-order valence-corrected chi connectivity index (χ4v) is 2.98. The summed E-state index contributed by atoms with van der Waals surface area (Å²) in [5.74, 6) is -0.902. The van der Waals surface area contributed by atoms with Gasteiger partial charge in [0, 0.05) is 5.56 Å². The number of hydrogen-bond donors (Lipinski definition) is 2. The van der Waals surface area contributed by atoms with Crippen LogP contribution in [-0.4, -0.2) is 24.1 Å². The van der Waals surface area contributed by atoms with Crippen LogP contribution in [-0.2, 0) is 6.61 Å². The van der Waals surface area contributed by atoms with Crippen molar-refractivity contribution < 1.29 is 24.2 Å². The Bertz CT molecular complexity index is 1040. The number of aromatic carboxylic acids is 1. The summed E-state index contributed by atoms with van der Waals surface area (Å²) in [5.41, 5.74) is 1.45. The van der Waals surface area contributed by atoms with E-state index in [0.717, 1.165) is 5.56 Å². The van der Waals surface area contributed by atoms with Gasteiger partial charge in [0.05, 0.1) is 23.4 Å². The standard InChI is InChI=1S/C22H18ClNO5/c1-28-20-18(23)11-16(22(26)27)12-19(20)24-21(25)15-8-5-9-17(10-15)29-13-14-6-3-2-4-7-14/h2-12H,13H2,1H3,(H,24,25)(H,26,27). The third-order valence-corrected chi connectivity index (χ3v) is 4.37. The van der Waals surface area contributed by atoms with Crippen molar-refractivity contribution in [1.82, 2.24) is 0 Å². The van der Waals surface area contributed by atoms with Gasteiger partial charge in [0.15, 0.2) is 5.75 Å². The molecule has 0 unspecified atom stereocenters. The number of halogens is 1. The predicted octanol–water partition coefficient (Wildman–Crippen LogP) is 4.88. The summed E-state index contributed by atoms with van der Waals surface area (Å²) in [6.45, 7) is 0.371. The van der Waals surface area contributed by atoms with Gasteiger partial charge in [-0.15, -0.1) is 0 Å². The maximum atomic E-state index is 12.7. The first-order chi connectivity index (χ1) is 14.0. The Kier molecular flexibility index (Phi) is 6.36. The molecule has 0 spiro atoms. The molecule has 0 bridgehead atoms. The highest BCUT2D eigenvalue weighted by molar-refractivity contribution is 6.33. The van der Waals surface area contributed by atoms with Crippen LogP contribution in [0.2, 0.25) is 5.02 Å². The van der Waals surface area contributed by atoms with Gasteiger partial charge in [-0.2, -0.15) is 0 Å². The fourth-order valence-electron chi connectivity index (χ4n) is 2.68. The number of ether oxygens (including phenoxy) is 2. The van der Waals surface area contributed by atoms with Gasteiger partial charge in [-0.3, -0.25) is 4.79 Å². The second kappa shape index (κ2) is 9.12. The molecular formula is C22H18ClNO5. The largest absolute Gasteiger partial charge is 0.493 e. The lowest BCUT2D eigenvalue weighted by atomic mass is 10.1. The first kappa shape index (κ1) is 20.2.